The van der Waals surface area contributed by atoms with Crippen molar-refractivity contribution < 1.29 is 9.84 Å². The molecule has 1 fully saturated rings. The van der Waals surface area contributed by atoms with E-state index >= 15 is 0 Å². The van der Waals surface area contributed by atoms with Crippen LogP contribution >= 0.6 is 0 Å². The van der Waals surface area contributed by atoms with Crippen molar-refractivity contribution in [3.63, 3.8) is 0 Å². The number of nitrogens with one attached hydrogen (secondary N) is 1. The third-order valence-electron chi connectivity index (χ3n) is 3.47. The summed E-state index contributed by atoms with van der Waals surface area (Å²) in [7, 11) is 1.56. The van der Waals surface area contributed by atoms with Crippen molar-refractivity contribution in [2.45, 2.75) is 26.2 Å². The Bertz CT molecular complexity index is 421. The second kappa shape index (κ2) is 7.23. The second-order valence-corrected chi connectivity index (χ2v) is 4.99. The van der Waals surface area contributed by atoms with Gasteiger partial charge in [0.15, 0.2) is 0 Å². The maximum Gasteiger partial charge on any atom is 0.322 e. The highest BCUT2D eigenvalue weighted by Gasteiger charge is 2.21. The van der Waals surface area contributed by atoms with Gasteiger partial charge in [0, 0.05) is 26.2 Å². The van der Waals surface area contributed by atoms with Gasteiger partial charge in [-0.1, -0.05) is 6.92 Å². The van der Waals surface area contributed by atoms with Gasteiger partial charge >= 0.3 is 6.01 Å². The first kappa shape index (κ1) is 14.8. The van der Waals surface area contributed by atoms with Gasteiger partial charge in [0.25, 0.3) is 0 Å². The van der Waals surface area contributed by atoms with Gasteiger partial charge in [-0.2, -0.15) is 15.0 Å². The molecule has 2 N–H and O–H groups in total. The molecule has 7 heteroatoms. The molecule has 0 bridgehead atoms. The molecule has 1 aliphatic heterocycles. The third kappa shape index (κ3) is 3.69. The van der Waals surface area contributed by atoms with E-state index in [4.69, 9.17) is 4.74 Å². The van der Waals surface area contributed by atoms with Crippen molar-refractivity contribution in [3.05, 3.63) is 0 Å². The number of ether oxygens (including phenoxy) is 1. The summed E-state index contributed by atoms with van der Waals surface area (Å²) in [6.45, 7) is 4.88. The van der Waals surface area contributed by atoms with Crippen molar-refractivity contribution in [2.75, 3.05) is 43.6 Å². The molecule has 2 rings (SSSR count). The van der Waals surface area contributed by atoms with Crippen molar-refractivity contribution in [3.8, 4) is 6.01 Å². The molecular weight excluding hydrogens is 258 g/mol. The Morgan fingerprint density at radius 1 is 1.30 bits per heavy atom. The predicted molar refractivity (Wildman–Crippen MR) is 77.2 cm³/mol. The maximum absolute atomic E-state index is 9.18. The Morgan fingerprint density at radius 3 is 2.65 bits per heavy atom. The SMILES string of the molecule is CCCNc1nc(OC)nc(N2CCC(CO)CC2)n1. The van der Waals surface area contributed by atoms with Crippen LogP contribution in [-0.2, 0) is 0 Å². The van der Waals surface area contributed by atoms with Crippen LogP contribution in [0.5, 0.6) is 6.01 Å². The van der Waals surface area contributed by atoms with Crippen LogP contribution in [0.1, 0.15) is 26.2 Å². The molecule has 0 atom stereocenters. The van der Waals surface area contributed by atoms with Crippen LogP contribution in [0.25, 0.3) is 0 Å². The molecule has 1 aliphatic rings. The van der Waals surface area contributed by atoms with E-state index in [9.17, 15) is 5.11 Å². The quantitative estimate of drug-likeness (QED) is 0.802. The molecular formula is C13H23N5O2. The van der Waals surface area contributed by atoms with E-state index in [1.54, 1.807) is 7.11 Å². The lowest BCUT2D eigenvalue weighted by Crippen LogP contribution is -2.36. The Kier molecular flexibility index (Phi) is 5.34. The summed E-state index contributed by atoms with van der Waals surface area (Å²) in [5.74, 6) is 1.59. The van der Waals surface area contributed by atoms with E-state index in [0.717, 1.165) is 38.9 Å². The molecule has 7 nitrogen and oxygen atoms in total. The van der Waals surface area contributed by atoms with Crippen LogP contribution in [0, 0.1) is 5.92 Å². The first-order chi connectivity index (χ1) is 9.76. The minimum absolute atomic E-state index is 0.262. The third-order valence-corrected chi connectivity index (χ3v) is 3.47. The Balaban J connectivity index is 2.10. The fourth-order valence-electron chi connectivity index (χ4n) is 2.21. The van der Waals surface area contributed by atoms with Crippen LogP contribution in [0.4, 0.5) is 11.9 Å². The largest absolute Gasteiger partial charge is 0.467 e. The molecule has 0 saturated carbocycles. The van der Waals surface area contributed by atoms with Gasteiger partial charge in [-0.25, -0.2) is 0 Å². The minimum atomic E-state index is 0.262. The van der Waals surface area contributed by atoms with Crippen molar-refractivity contribution in [1.82, 2.24) is 15.0 Å². The van der Waals surface area contributed by atoms with E-state index in [1.165, 1.54) is 0 Å². The summed E-state index contributed by atoms with van der Waals surface area (Å²) >= 11 is 0. The summed E-state index contributed by atoms with van der Waals surface area (Å²) < 4.78 is 5.14. The Labute approximate surface area is 119 Å². The first-order valence-corrected chi connectivity index (χ1v) is 7.16. The van der Waals surface area contributed by atoms with Gasteiger partial charge in [-0.3, -0.25) is 0 Å². The monoisotopic (exact) mass is 281 g/mol. The highest BCUT2D eigenvalue weighted by atomic mass is 16.5. The van der Waals surface area contributed by atoms with Gasteiger partial charge in [-0.05, 0) is 25.2 Å². The summed E-state index contributed by atoms with van der Waals surface area (Å²) in [5.41, 5.74) is 0. The summed E-state index contributed by atoms with van der Waals surface area (Å²) in [5, 5.41) is 12.3. The number of aliphatic hydroxyl groups excluding tert-OH is 1. The number of aromatic nitrogens is 3. The van der Waals surface area contributed by atoms with Gasteiger partial charge < -0.3 is 20.1 Å². The van der Waals surface area contributed by atoms with Crippen LogP contribution in [-0.4, -0.2) is 53.4 Å². The number of rotatable bonds is 6. The smallest absolute Gasteiger partial charge is 0.322 e. The molecule has 0 aliphatic carbocycles. The zero-order chi connectivity index (χ0) is 14.4. The molecule has 2 heterocycles. The van der Waals surface area contributed by atoms with Crippen LogP contribution < -0.4 is 15.0 Å². The molecule has 0 aromatic carbocycles. The fourth-order valence-corrected chi connectivity index (χ4v) is 2.21. The number of piperidine rings is 1. The number of anilines is 2. The molecule has 1 aromatic rings. The van der Waals surface area contributed by atoms with Crippen molar-refractivity contribution >= 4 is 11.9 Å². The summed E-state index contributed by atoms with van der Waals surface area (Å²) in [6.07, 6.45) is 2.93. The normalized spacial score (nSPS) is 16.2. The van der Waals surface area contributed by atoms with E-state index in [0.29, 0.717) is 23.8 Å². The zero-order valence-corrected chi connectivity index (χ0v) is 12.2. The van der Waals surface area contributed by atoms with E-state index in [1.807, 2.05) is 0 Å². The van der Waals surface area contributed by atoms with E-state index < -0.39 is 0 Å². The minimum Gasteiger partial charge on any atom is -0.467 e. The van der Waals surface area contributed by atoms with Gasteiger partial charge in [0.1, 0.15) is 0 Å². The highest BCUT2D eigenvalue weighted by molar-refractivity contribution is 5.38. The number of nitrogens with zero attached hydrogens (tertiary/aromatic N) is 4. The maximum atomic E-state index is 9.18. The number of hydrogen-bond donors (Lipinski definition) is 2. The molecule has 20 heavy (non-hydrogen) atoms. The lowest BCUT2D eigenvalue weighted by Gasteiger charge is -2.31. The first-order valence-electron chi connectivity index (χ1n) is 7.16. The molecule has 1 aromatic heterocycles. The molecule has 0 amide bonds. The van der Waals surface area contributed by atoms with E-state index in [-0.39, 0.29) is 6.61 Å². The topological polar surface area (TPSA) is 83.4 Å². The van der Waals surface area contributed by atoms with Crippen molar-refractivity contribution in [1.29, 1.82) is 0 Å². The summed E-state index contributed by atoms with van der Waals surface area (Å²) in [6, 6.07) is 0.331. The highest BCUT2D eigenvalue weighted by Crippen LogP contribution is 2.22. The van der Waals surface area contributed by atoms with E-state index in [2.05, 4.69) is 32.1 Å². The zero-order valence-electron chi connectivity index (χ0n) is 12.2. The Morgan fingerprint density at radius 2 is 2.05 bits per heavy atom. The van der Waals surface area contributed by atoms with Gasteiger partial charge in [0.2, 0.25) is 11.9 Å². The molecule has 0 radical (unpaired) electrons. The van der Waals surface area contributed by atoms with Gasteiger partial charge in [0.05, 0.1) is 7.11 Å². The molecule has 1 saturated heterocycles. The second-order valence-electron chi connectivity index (χ2n) is 4.99. The van der Waals surface area contributed by atoms with Crippen LogP contribution in [0.2, 0.25) is 0 Å². The summed E-state index contributed by atoms with van der Waals surface area (Å²) in [4.78, 5) is 15.1. The lowest BCUT2D eigenvalue weighted by atomic mass is 9.98. The predicted octanol–water partition coefficient (Wildman–Crippen LogP) is 0.911. The number of hydrogen-bond acceptors (Lipinski definition) is 7. The lowest BCUT2D eigenvalue weighted by molar-refractivity contribution is 0.202. The van der Waals surface area contributed by atoms with Crippen molar-refractivity contribution in [2.24, 2.45) is 5.92 Å². The average molecular weight is 281 g/mol. The molecule has 112 valence electrons. The average Bonchev–Trinajstić information content (AvgIpc) is 2.52. The van der Waals surface area contributed by atoms with Crippen LogP contribution in [0.15, 0.2) is 0 Å². The molecule has 0 unspecified atom stereocenters. The number of aliphatic hydroxyl groups is 1. The van der Waals surface area contributed by atoms with Gasteiger partial charge in [-0.15, -0.1) is 0 Å². The standard InChI is InChI=1S/C13H23N5O2/c1-3-6-14-11-15-12(17-13(16-11)20-2)18-7-4-10(9-19)5-8-18/h10,19H,3-9H2,1-2H3,(H,14,15,16,17). The number of methoxy groups -OCH3 is 1. The Hall–Kier alpha value is -1.63. The van der Waals surface area contributed by atoms with Crippen LogP contribution in [0.3, 0.4) is 0 Å². The molecule has 0 spiro atoms. The fraction of sp³-hybridized carbons (Fsp3) is 0.769.